The van der Waals surface area contributed by atoms with Crippen LogP contribution in [0.1, 0.15) is 62.1 Å². The number of carboxylic acids is 6. The average molecular weight is 616 g/mol. The van der Waals surface area contributed by atoms with Gasteiger partial charge in [0.15, 0.2) is 0 Å². The molecule has 0 saturated carbocycles. The first kappa shape index (κ1) is 34.7. The van der Waals surface area contributed by atoms with Gasteiger partial charge in [0.1, 0.15) is 0 Å². The molecule has 0 aliphatic carbocycles. The van der Waals surface area contributed by atoms with Gasteiger partial charge in [0.25, 0.3) is 0 Å². The third-order valence-electron chi connectivity index (χ3n) is 3.45. The zero-order chi connectivity index (χ0) is 23.2. The van der Waals surface area contributed by atoms with Crippen molar-refractivity contribution >= 4 is 35.8 Å². The maximum atomic E-state index is 10.6. The standard InChI is InChI=1S/2C9H6O6.3Zn/c2*10-7(11)4-1-2-5(8(12)13)6(3-4)9(14)15;;;/h2*1-3H,(H,10,11)(H,12,13)(H,14,15);;;. The summed E-state index contributed by atoms with van der Waals surface area (Å²) in [5, 5.41) is 51.8. The van der Waals surface area contributed by atoms with Crippen molar-refractivity contribution in [2.75, 3.05) is 0 Å². The Bertz CT molecular complexity index is 996. The normalized spacial score (nSPS) is 8.73. The molecule has 2 rings (SSSR count). The molecule has 0 bridgehead atoms. The van der Waals surface area contributed by atoms with Crippen LogP contribution in [-0.2, 0) is 58.4 Å². The smallest absolute Gasteiger partial charge is 0.336 e. The molecule has 0 amide bonds. The second-order valence-electron chi connectivity index (χ2n) is 5.35. The molecule has 0 aliphatic heterocycles. The molecule has 6 N–H and O–H groups in total. The predicted octanol–water partition coefficient (Wildman–Crippen LogP) is 1.55. The fourth-order valence-corrected chi connectivity index (χ4v) is 2.08. The van der Waals surface area contributed by atoms with Gasteiger partial charge in [-0.1, -0.05) is 0 Å². The molecule has 2 aromatic rings. The van der Waals surface area contributed by atoms with Gasteiger partial charge in [-0.15, -0.1) is 0 Å². The first-order valence-corrected chi connectivity index (χ1v) is 7.54. The number of carbonyl (C=O) groups is 6. The van der Waals surface area contributed by atoms with Gasteiger partial charge in [-0.05, 0) is 36.4 Å². The van der Waals surface area contributed by atoms with Crippen LogP contribution >= 0.6 is 0 Å². The SMILES string of the molecule is O=C(O)c1ccc(C(=O)O)c(C(=O)O)c1.O=C(O)c1ccc(C(=O)O)c(C(=O)O)c1.[Zn].[Zn].[Zn]. The zero-order valence-corrected chi connectivity index (χ0v) is 25.6. The Hall–Kier alpha value is -2.87. The van der Waals surface area contributed by atoms with Crippen LogP contribution in [0.15, 0.2) is 36.4 Å². The van der Waals surface area contributed by atoms with Crippen molar-refractivity contribution in [3.05, 3.63) is 69.8 Å². The molecule has 162 valence electrons. The summed E-state index contributed by atoms with van der Waals surface area (Å²) in [4.78, 5) is 63.5. The minimum Gasteiger partial charge on any atom is -0.478 e. The van der Waals surface area contributed by atoms with Gasteiger partial charge in [0.05, 0.1) is 33.4 Å². The molecule has 33 heavy (non-hydrogen) atoms. The van der Waals surface area contributed by atoms with E-state index in [0.29, 0.717) is 0 Å². The predicted molar refractivity (Wildman–Crippen MR) is 94.6 cm³/mol. The topological polar surface area (TPSA) is 224 Å². The van der Waals surface area contributed by atoms with Gasteiger partial charge < -0.3 is 30.6 Å². The number of hydrogen-bond donors (Lipinski definition) is 6. The number of aromatic carboxylic acids is 6. The van der Waals surface area contributed by atoms with Crippen LogP contribution in [-0.4, -0.2) is 66.5 Å². The summed E-state index contributed by atoms with van der Waals surface area (Å²) in [7, 11) is 0. The molecule has 2 aromatic carbocycles. The summed E-state index contributed by atoms with van der Waals surface area (Å²) in [5.74, 6) is -8.40. The minimum atomic E-state index is -1.48. The van der Waals surface area contributed by atoms with E-state index in [9.17, 15) is 28.8 Å². The Labute approximate surface area is 222 Å². The Balaban J connectivity index is -0.000000500. The Morgan fingerprint density at radius 1 is 0.394 bits per heavy atom. The van der Waals surface area contributed by atoms with Crippen molar-refractivity contribution in [1.29, 1.82) is 0 Å². The van der Waals surface area contributed by atoms with Crippen LogP contribution < -0.4 is 0 Å². The summed E-state index contributed by atoms with van der Waals surface area (Å²) in [6.45, 7) is 0. The number of carboxylic acid groups (broad SMARTS) is 6. The molecule has 0 aromatic heterocycles. The molecule has 0 saturated heterocycles. The Kier molecular flexibility index (Phi) is 15.8. The second-order valence-corrected chi connectivity index (χ2v) is 5.35. The molecular weight excluding hydrogens is 604 g/mol. The van der Waals surface area contributed by atoms with E-state index >= 15 is 0 Å². The molecule has 0 atom stereocenters. The van der Waals surface area contributed by atoms with Gasteiger partial charge in [0, 0.05) is 58.4 Å². The Morgan fingerprint density at radius 3 is 0.818 bits per heavy atom. The quantitative estimate of drug-likeness (QED) is 0.254. The summed E-state index contributed by atoms with van der Waals surface area (Å²) in [5.41, 5.74) is -2.49. The van der Waals surface area contributed by atoms with Crippen LogP contribution in [0.4, 0.5) is 0 Å². The van der Waals surface area contributed by atoms with Gasteiger partial charge in [-0.25, -0.2) is 28.8 Å². The molecular formula is C18H12O12Zn3. The van der Waals surface area contributed by atoms with E-state index in [1.165, 1.54) is 0 Å². The summed E-state index contributed by atoms with van der Waals surface area (Å²) in [6.07, 6.45) is 0. The van der Waals surface area contributed by atoms with Crippen molar-refractivity contribution in [3.8, 4) is 0 Å². The van der Waals surface area contributed by atoms with E-state index < -0.39 is 58.1 Å². The number of rotatable bonds is 6. The summed E-state index contributed by atoms with van der Waals surface area (Å²) in [6, 6.07) is 5.61. The average Bonchev–Trinajstić information content (AvgIpc) is 2.67. The molecule has 15 heteroatoms. The van der Waals surface area contributed by atoms with E-state index in [1.54, 1.807) is 0 Å². The molecule has 0 unspecified atom stereocenters. The van der Waals surface area contributed by atoms with E-state index in [0.717, 1.165) is 36.4 Å². The summed E-state index contributed by atoms with van der Waals surface area (Å²) >= 11 is 0. The zero-order valence-electron chi connectivity index (χ0n) is 16.7. The first-order valence-electron chi connectivity index (χ1n) is 7.54. The van der Waals surface area contributed by atoms with Crippen LogP contribution in [0.5, 0.6) is 0 Å². The van der Waals surface area contributed by atoms with E-state index in [4.69, 9.17) is 30.6 Å². The van der Waals surface area contributed by atoms with E-state index in [2.05, 4.69) is 0 Å². The van der Waals surface area contributed by atoms with Gasteiger partial charge in [0.2, 0.25) is 0 Å². The van der Waals surface area contributed by atoms with Crippen LogP contribution in [0.3, 0.4) is 0 Å². The molecule has 12 nitrogen and oxygen atoms in total. The van der Waals surface area contributed by atoms with E-state index in [-0.39, 0.29) is 69.6 Å². The van der Waals surface area contributed by atoms with Crippen molar-refractivity contribution in [2.45, 2.75) is 0 Å². The van der Waals surface area contributed by atoms with Crippen LogP contribution in [0.2, 0.25) is 0 Å². The minimum absolute atomic E-state index is 0. The maximum Gasteiger partial charge on any atom is 0.336 e. The molecule has 0 fully saturated rings. The molecule has 0 heterocycles. The third kappa shape index (κ3) is 9.65. The van der Waals surface area contributed by atoms with Gasteiger partial charge >= 0.3 is 35.8 Å². The van der Waals surface area contributed by atoms with Crippen molar-refractivity contribution < 1.29 is 118 Å². The van der Waals surface area contributed by atoms with E-state index in [1.807, 2.05) is 0 Å². The molecule has 0 radical (unpaired) electrons. The van der Waals surface area contributed by atoms with Crippen molar-refractivity contribution in [2.24, 2.45) is 0 Å². The number of hydrogen-bond acceptors (Lipinski definition) is 6. The fourth-order valence-electron chi connectivity index (χ4n) is 2.08. The summed E-state index contributed by atoms with van der Waals surface area (Å²) < 4.78 is 0. The van der Waals surface area contributed by atoms with Gasteiger partial charge in [-0.3, -0.25) is 0 Å². The van der Waals surface area contributed by atoms with Crippen molar-refractivity contribution in [1.82, 2.24) is 0 Å². The second kappa shape index (κ2) is 15.1. The largest absolute Gasteiger partial charge is 0.478 e. The van der Waals surface area contributed by atoms with Crippen LogP contribution in [0.25, 0.3) is 0 Å². The third-order valence-corrected chi connectivity index (χ3v) is 3.45. The maximum absolute atomic E-state index is 10.6. The fraction of sp³-hybridized carbons (Fsp3) is 0. The molecule has 0 aliphatic rings. The van der Waals surface area contributed by atoms with Gasteiger partial charge in [-0.2, -0.15) is 0 Å². The van der Waals surface area contributed by atoms with Crippen molar-refractivity contribution in [3.63, 3.8) is 0 Å². The molecule has 0 spiro atoms. The monoisotopic (exact) mass is 612 g/mol. The van der Waals surface area contributed by atoms with Crippen LogP contribution in [0, 0.1) is 0 Å². The number of benzene rings is 2. The Morgan fingerprint density at radius 2 is 0.636 bits per heavy atom. The first-order chi connectivity index (χ1) is 13.9.